The van der Waals surface area contributed by atoms with Crippen molar-refractivity contribution in [2.24, 2.45) is 0 Å². The van der Waals surface area contributed by atoms with Crippen molar-refractivity contribution in [3.05, 3.63) is 34.1 Å². The molecular weight excluding hydrogens is 277 g/mol. The van der Waals surface area contributed by atoms with Crippen LogP contribution in [0, 0.1) is 5.82 Å². The van der Waals surface area contributed by atoms with E-state index in [1.165, 1.54) is 6.07 Å². The van der Waals surface area contributed by atoms with Crippen LogP contribution in [0.4, 0.5) is 4.39 Å². The first-order valence-corrected chi connectivity index (χ1v) is 6.57. The fourth-order valence-electron chi connectivity index (χ4n) is 1.85. The van der Waals surface area contributed by atoms with Crippen LogP contribution in [-0.2, 0) is 4.87 Å². The minimum atomic E-state index is -0.298. The highest BCUT2D eigenvalue weighted by Crippen LogP contribution is 2.42. The summed E-state index contributed by atoms with van der Waals surface area (Å²) in [6, 6.07) is 5.09. The van der Waals surface area contributed by atoms with Crippen molar-refractivity contribution in [1.29, 1.82) is 0 Å². The van der Waals surface area contributed by atoms with Gasteiger partial charge in [-0.2, -0.15) is 0 Å². The van der Waals surface area contributed by atoms with Gasteiger partial charge >= 0.3 is 0 Å². The lowest BCUT2D eigenvalue weighted by Crippen LogP contribution is -2.31. The minimum absolute atomic E-state index is 0.144. The number of hydrogen-bond donors (Lipinski definition) is 1. The van der Waals surface area contributed by atoms with Crippen LogP contribution in [0.25, 0.3) is 0 Å². The monoisotopic (exact) mass is 289 g/mol. The summed E-state index contributed by atoms with van der Waals surface area (Å²) in [5.74, 6) is -0.144. The van der Waals surface area contributed by atoms with Gasteiger partial charge in [0.15, 0.2) is 0 Å². The van der Waals surface area contributed by atoms with Gasteiger partial charge < -0.3 is 0 Å². The predicted octanol–water partition coefficient (Wildman–Crippen LogP) is 3.49. The molecule has 1 aliphatic rings. The molecule has 1 fully saturated rings. The Morgan fingerprint density at radius 2 is 2.33 bits per heavy atom. The molecule has 2 unspecified atom stereocenters. The molecule has 1 N–H and O–H groups in total. The highest BCUT2D eigenvalue weighted by Gasteiger charge is 2.36. The van der Waals surface area contributed by atoms with Crippen molar-refractivity contribution in [2.75, 3.05) is 6.54 Å². The van der Waals surface area contributed by atoms with Crippen molar-refractivity contribution in [3.8, 4) is 0 Å². The number of hydrogen-bond acceptors (Lipinski definition) is 2. The largest absolute Gasteiger partial charge is 0.298 e. The second-order valence-corrected chi connectivity index (χ2v) is 6.74. The van der Waals surface area contributed by atoms with Gasteiger partial charge in [-0.3, -0.25) is 5.32 Å². The molecule has 2 atom stereocenters. The summed E-state index contributed by atoms with van der Waals surface area (Å²) in [5, 5.41) is 3.89. The van der Waals surface area contributed by atoms with Gasteiger partial charge in [0.05, 0.1) is 4.87 Å². The summed E-state index contributed by atoms with van der Waals surface area (Å²) in [4.78, 5) is -0.298. The molecule has 1 aromatic carbocycles. The molecule has 0 aromatic heterocycles. The maximum atomic E-state index is 13.7. The number of benzene rings is 1. The van der Waals surface area contributed by atoms with Gasteiger partial charge in [0, 0.05) is 21.8 Å². The van der Waals surface area contributed by atoms with Crippen molar-refractivity contribution in [2.45, 2.75) is 24.0 Å². The molecule has 1 heterocycles. The van der Waals surface area contributed by atoms with Crippen LogP contribution in [0.5, 0.6) is 0 Å². The molecular formula is C11H13BrFNS. The molecule has 0 saturated carbocycles. The van der Waals surface area contributed by atoms with E-state index in [1.54, 1.807) is 17.8 Å². The highest BCUT2D eigenvalue weighted by molar-refractivity contribution is 9.10. The molecule has 0 aliphatic carbocycles. The summed E-state index contributed by atoms with van der Waals surface area (Å²) in [7, 11) is 0. The zero-order chi connectivity index (χ0) is 11.1. The van der Waals surface area contributed by atoms with Crippen LogP contribution in [0.15, 0.2) is 22.7 Å². The third kappa shape index (κ3) is 2.22. The Kier molecular flexibility index (Phi) is 3.10. The van der Waals surface area contributed by atoms with Crippen LogP contribution in [0.1, 0.15) is 19.4 Å². The van der Waals surface area contributed by atoms with E-state index in [2.05, 4.69) is 28.2 Å². The van der Waals surface area contributed by atoms with E-state index in [0.29, 0.717) is 5.25 Å². The second kappa shape index (κ2) is 4.07. The van der Waals surface area contributed by atoms with E-state index in [9.17, 15) is 4.39 Å². The lowest BCUT2D eigenvalue weighted by Gasteiger charge is -2.25. The third-order valence-electron chi connectivity index (χ3n) is 2.61. The van der Waals surface area contributed by atoms with E-state index < -0.39 is 0 Å². The molecule has 0 spiro atoms. The molecule has 15 heavy (non-hydrogen) atoms. The molecule has 1 nitrogen and oxygen atoms in total. The van der Waals surface area contributed by atoms with Crippen LogP contribution < -0.4 is 5.32 Å². The quantitative estimate of drug-likeness (QED) is 0.849. The molecule has 0 amide bonds. The molecule has 1 aliphatic heterocycles. The van der Waals surface area contributed by atoms with Gasteiger partial charge in [-0.15, -0.1) is 11.8 Å². The van der Waals surface area contributed by atoms with Gasteiger partial charge in [-0.05, 0) is 25.1 Å². The lowest BCUT2D eigenvalue weighted by atomic mass is 10.1. The standard InChI is InChI=1S/C11H13BrFNS/c1-7-6-14-11(2,15-7)9-5-8(12)3-4-10(9)13/h3-5,7,14H,6H2,1-2H3. The van der Waals surface area contributed by atoms with E-state index in [4.69, 9.17) is 0 Å². The van der Waals surface area contributed by atoms with Crippen LogP contribution >= 0.6 is 27.7 Å². The summed E-state index contributed by atoms with van der Waals surface area (Å²) in [6.45, 7) is 5.11. The fourth-order valence-corrected chi connectivity index (χ4v) is 3.63. The molecule has 4 heteroatoms. The SMILES string of the molecule is CC1CNC(C)(c2cc(Br)ccc2F)S1. The average molecular weight is 290 g/mol. The van der Waals surface area contributed by atoms with Gasteiger partial charge in [-0.1, -0.05) is 22.9 Å². The van der Waals surface area contributed by atoms with Crippen LogP contribution in [-0.4, -0.2) is 11.8 Å². The zero-order valence-electron chi connectivity index (χ0n) is 8.68. The topological polar surface area (TPSA) is 12.0 Å². The molecule has 0 bridgehead atoms. The van der Waals surface area contributed by atoms with E-state index in [0.717, 1.165) is 16.6 Å². The Hall–Kier alpha value is -0.0600. The zero-order valence-corrected chi connectivity index (χ0v) is 11.1. The molecule has 1 saturated heterocycles. The summed E-state index contributed by atoms with van der Waals surface area (Å²) in [6.07, 6.45) is 0. The Bertz CT molecular complexity index is 385. The molecule has 2 rings (SSSR count). The van der Waals surface area contributed by atoms with Gasteiger partial charge in [-0.25, -0.2) is 4.39 Å². The van der Waals surface area contributed by atoms with Crippen molar-refractivity contribution < 1.29 is 4.39 Å². The number of halogens is 2. The predicted molar refractivity (Wildman–Crippen MR) is 66.5 cm³/mol. The van der Waals surface area contributed by atoms with Gasteiger partial charge in [0.1, 0.15) is 5.82 Å². The van der Waals surface area contributed by atoms with Crippen LogP contribution in [0.2, 0.25) is 0 Å². The minimum Gasteiger partial charge on any atom is -0.298 e. The fraction of sp³-hybridized carbons (Fsp3) is 0.455. The summed E-state index contributed by atoms with van der Waals surface area (Å²) < 4.78 is 14.6. The van der Waals surface area contributed by atoms with Gasteiger partial charge in [0.25, 0.3) is 0 Å². The van der Waals surface area contributed by atoms with Crippen molar-refractivity contribution >= 4 is 27.7 Å². The van der Waals surface area contributed by atoms with E-state index >= 15 is 0 Å². The first-order valence-electron chi connectivity index (χ1n) is 4.89. The molecule has 0 radical (unpaired) electrons. The Morgan fingerprint density at radius 1 is 1.60 bits per heavy atom. The normalized spacial score (nSPS) is 30.8. The maximum absolute atomic E-state index is 13.7. The van der Waals surface area contributed by atoms with Crippen LogP contribution in [0.3, 0.4) is 0 Å². The number of thioether (sulfide) groups is 1. The maximum Gasteiger partial charge on any atom is 0.129 e. The van der Waals surface area contributed by atoms with Crippen molar-refractivity contribution in [1.82, 2.24) is 5.32 Å². The first kappa shape index (κ1) is 11.4. The number of nitrogens with one attached hydrogen (secondary N) is 1. The summed E-state index contributed by atoms with van der Waals surface area (Å²) >= 11 is 5.15. The summed E-state index contributed by atoms with van der Waals surface area (Å²) in [5.41, 5.74) is 0.728. The van der Waals surface area contributed by atoms with E-state index in [1.807, 2.05) is 13.0 Å². The Morgan fingerprint density at radius 3 is 2.93 bits per heavy atom. The average Bonchev–Trinajstić information content (AvgIpc) is 2.52. The second-order valence-electron chi connectivity index (χ2n) is 3.97. The van der Waals surface area contributed by atoms with E-state index in [-0.39, 0.29) is 10.7 Å². The molecule has 82 valence electrons. The van der Waals surface area contributed by atoms with Crippen molar-refractivity contribution in [3.63, 3.8) is 0 Å². The smallest absolute Gasteiger partial charge is 0.129 e. The Balaban J connectivity index is 2.40. The highest BCUT2D eigenvalue weighted by atomic mass is 79.9. The third-order valence-corrected chi connectivity index (χ3v) is 4.50. The molecule has 1 aromatic rings. The Labute approximate surface area is 102 Å². The van der Waals surface area contributed by atoms with Gasteiger partial charge in [0.2, 0.25) is 0 Å². The first-order chi connectivity index (χ1) is 7.01. The number of rotatable bonds is 1. The lowest BCUT2D eigenvalue weighted by molar-refractivity contribution is 0.517.